The molecule has 0 bridgehead atoms. The second kappa shape index (κ2) is 4.54. The number of hydrogen-bond donors (Lipinski definition) is 1. The zero-order valence-corrected chi connectivity index (χ0v) is 10.1. The Morgan fingerprint density at radius 1 is 1.19 bits per heavy atom. The molecule has 1 aliphatic rings. The van der Waals surface area contributed by atoms with E-state index >= 15 is 0 Å². The van der Waals surface area contributed by atoms with E-state index in [-0.39, 0.29) is 17.8 Å². The van der Waals surface area contributed by atoms with E-state index in [1.54, 1.807) is 6.07 Å². The molecule has 2 rings (SSSR count). The summed E-state index contributed by atoms with van der Waals surface area (Å²) in [6, 6.07) is 3.81. The lowest BCUT2D eigenvalue weighted by Crippen LogP contribution is -2.32. The predicted octanol–water partition coefficient (Wildman–Crippen LogP) is 3.43. The van der Waals surface area contributed by atoms with Crippen molar-refractivity contribution in [3.63, 3.8) is 0 Å². The van der Waals surface area contributed by atoms with E-state index < -0.39 is 0 Å². The Labute approximate surface area is 96.9 Å². The van der Waals surface area contributed by atoms with Crippen LogP contribution < -0.4 is 5.73 Å². The molecule has 0 aliphatic heterocycles. The van der Waals surface area contributed by atoms with Gasteiger partial charge in [-0.25, -0.2) is 4.39 Å². The second-order valence-electron chi connectivity index (χ2n) is 5.03. The summed E-state index contributed by atoms with van der Waals surface area (Å²) in [6.07, 6.45) is 4.41. The molecule has 2 atom stereocenters. The van der Waals surface area contributed by atoms with Crippen molar-refractivity contribution in [1.82, 2.24) is 0 Å². The number of aryl methyl sites for hydroxylation is 2. The third-order valence-corrected chi connectivity index (χ3v) is 3.67. The van der Waals surface area contributed by atoms with Crippen LogP contribution >= 0.6 is 0 Å². The number of benzene rings is 1. The molecule has 2 unspecified atom stereocenters. The summed E-state index contributed by atoms with van der Waals surface area (Å²) in [6.45, 7) is 3.92. The summed E-state index contributed by atoms with van der Waals surface area (Å²) in [7, 11) is 0. The highest BCUT2D eigenvalue weighted by atomic mass is 19.1. The number of halogens is 1. The average molecular weight is 221 g/mol. The van der Waals surface area contributed by atoms with E-state index in [1.165, 1.54) is 12.8 Å². The smallest absolute Gasteiger partial charge is 0.127 e. The molecule has 2 heteroatoms. The van der Waals surface area contributed by atoms with Crippen molar-refractivity contribution in [2.75, 3.05) is 0 Å². The molecule has 0 radical (unpaired) electrons. The van der Waals surface area contributed by atoms with E-state index in [2.05, 4.69) is 6.07 Å². The van der Waals surface area contributed by atoms with Crippen LogP contribution in [-0.4, -0.2) is 6.04 Å². The number of rotatable bonds is 1. The van der Waals surface area contributed by atoms with E-state index in [4.69, 9.17) is 5.73 Å². The van der Waals surface area contributed by atoms with Crippen molar-refractivity contribution in [2.24, 2.45) is 5.73 Å². The van der Waals surface area contributed by atoms with Crippen LogP contribution in [0.2, 0.25) is 0 Å². The first-order valence-electron chi connectivity index (χ1n) is 6.12. The van der Waals surface area contributed by atoms with E-state index in [0.717, 1.165) is 29.5 Å². The maximum Gasteiger partial charge on any atom is 0.127 e. The quantitative estimate of drug-likeness (QED) is 0.772. The number of hydrogen-bond acceptors (Lipinski definition) is 1. The fourth-order valence-corrected chi connectivity index (χ4v) is 2.91. The molecule has 0 aromatic heterocycles. The van der Waals surface area contributed by atoms with Crippen LogP contribution in [0.1, 0.15) is 48.3 Å². The van der Waals surface area contributed by atoms with E-state index in [0.29, 0.717) is 0 Å². The molecule has 1 saturated carbocycles. The number of nitrogens with two attached hydrogens (primary N) is 1. The fourth-order valence-electron chi connectivity index (χ4n) is 2.91. The maximum atomic E-state index is 14.0. The van der Waals surface area contributed by atoms with Crippen molar-refractivity contribution in [3.8, 4) is 0 Å². The zero-order valence-electron chi connectivity index (χ0n) is 10.1. The van der Waals surface area contributed by atoms with Gasteiger partial charge in [-0.15, -0.1) is 0 Å². The van der Waals surface area contributed by atoms with E-state index in [1.807, 2.05) is 13.8 Å². The lowest BCUT2D eigenvalue weighted by atomic mass is 9.78. The Balaban J connectivity index is 2.38. The van der Waals surface area contributed by atoms with Crippen LogP contribution in [0.25, 0.3) is 0 Å². The van der Waals surface area contributed by atoms with Crippen LogP contribution in [0.15, 0.2) is 12.1 Å². The Kier molecular flexibility index (Phi) is 3.29. The highest BCUT2D eigenvalue weighted by Gasteiger charge is 2.27. The van der Waals surface area contributed by atoms with Crippen LogP contribution in [0.3, 0.4) is 0 Å². The summed E-state index contributed by atoms with van der Waals surface area (Å²) in [5.74, 6) is 0.147. The van der Waals surface area contributed by atoms with Crippen LogP contribution in [-0.2, 0) is 0 Å². The molecule has 16 heavy (non-hydrogen) atoms. The molecule has 0 saturated heterocycles. The third kappa shape index (κ3) is 2.12. The van der Waals surface area contributed by atoms with Crippen LogP contribution in [0.5, 0.6) is 0 Å². The maximum absolute atomic E-state index is 14.0. The largest absolute Gasteiger partial charge is 0.327 e. The van der Waals surface area contributed by atoms with Gasteiger partial charge in [0.25, 0.3) is 0 Å². The molecule has 88 valence electrons. The average Bonchev–Trinajstić information content (AvgIpc) is 2.19. The summed E-state index contributed by atoms with van der Waals surface area (Å²) in [5, 5.41) is 0. The third-order valence-electron chi connectivity index (χ3n) is 3.67. The highest BCUT2D eigenvalue weighted by Crippen LogP contribution is 2.35. The van der Waals surface area contributed by atoms with Gasteiger partial charge in [0.2, 0.25) is 0 Å². The van der Waals surface area contributed by atoms with Gasteiger partial charge in [0, 0.05) is 12.0 Å². The highest BCUT2D eigenvalue weighted by molar-refractivity contribution is 5.35. The van der Waals surface area contributed by atoms with E-state index in [9.17, 15) is 4.39 Å². The summed E-state index contributed by atoms with van der Waals surface area (Å²) in [5.41, 5.74) is 9.02. The Morgan fingerprint density at radius 3 is 2.50 bits per heavy atom. The first-order chi connectivity index (χ1) is 7.59. The fraction of sp³-hybridized carbons (Fsp3) is 0.571. The molecule has 0 amide bonds. The molecule has 1 fully saturated rings. The van der Waals surface area contributed by atoms with Gasteiger partial charge in [-0.2, -0.15) is 0 Å². The Morgan fingerprint density at radius 2 is 1.88 bits per heavy atom. The molecule has 1 nitrogen and oxygen atoms in total. The van der Waals surface area contributed by atoms with Gasteiger partial charge in [0.05, 0.1) is 0 Å². The van der Waals surface area contributed by atoms with Crippen molar-refractivity contribution >= 4 is 0 Å². The molecule has 2 N–H and O–H groups in total. The second-order valence-corrected chi connectivity index (χ2v) is 5.03. The minimum absolute atomic E-state index is 0.0696. The van der Waals surface area contributed by atoms with Gasteiger partial charge in [0.15, 0.2) is 0 Å². The standard InChI is InChI=1S/C14H20FN/c1-9-7-10(2)14(12(15)8-9)11-5-3-4-6-13(11)16/h7-8,11,13H,3-6,16H2,1-2H3. The monoisotopic (exact) mass is 221 g/mol. The summed E-state index contributed by atoms with van der Waals surface area (Å²) < 4.78 is 14.0. The van der Waals surface area contributed by atoms with Crippen LogP contribution in [0, 0.1) is 19.7 Å². The van der Waals surface area contributed by atoms with Gasteiger partial charge < -0.3 is 5.73 Å². The first-order valence-corrected chi connectivity index (χ1v) is 6.12. The molecule has 1 aliphatic carbocycles. The first kappa shape index (κ1) is 11.6. The van der Waals surface area contributed by atoms with Crippen molar-refractivity contribution in [3.05, 3.63) is 34.6 Å². The van der Waals surface area contributed by atoms with Gasteiger partial charge >= 0.3 is 0 Å². The summed E-state index contributed by atoms with van der Waals surface area (Å²) >= 11 is 0. The van der Waals surface area contributed by atoms with Crippen molar-refractivity contribution in [2.45, 2.75) is 51.5 Å². The summed E-state index contributed by atoms with van der Waals surface area (Å²) in [4.78, 5) is 0. The van der Waals surface area contributed by atoms with Crippen molar-refractivity contribution < 1.29 is 4.39 Å². The Bertz CT molecular complexity index is 363. The topological polar surface area (TPSA) is 26.0 Å². The van der Waals surface area contributed by atoms with Crippen molar-refractivity contribution in [1.29, 1.82) is 0 Å². The van der Waals surface area contributed by atoms with Gasteiger partial charge in [0.1, 0.15) is 5.82 Å². The van der Waals surface area contributed by atoms with Crippen LogP contribution in [0.4, 0.5) is 4.39 Å². The molecular weight excluding hydrogens is 201 g/mol. The normalized spacial score (nSPS) is 25.8. The Hall–Kier alpha value is -0.890. The van der Waals surface area contributed by atoms with Gasteiger partial charge in [-0.3, -0.25) is 0 Å². The predicted molar refractivity (Wildman–Crippen MR) is 65.1 cm³/mol. The lowest BCUT2D eigenvalue weighted by Gasteiger charge is -2.30. The minimum Gasteiger partial charge on any atom is -0.327 e. The molecule has 0 spiro atoms. The molecule has 1 aromatic rings. The van der Waals surface area contributed by atoms with Gasteiger partial charge in [-0.1, -0.05) is 18.9 Å². The lowest BCUT2D eigenvalue weighted by molar-refractivity contribution is 0.374. The zero-order chi connectivity index (χ0) is 11.7. The molecule has 0 heterocycles. The molecular formula is C14H20FN. The molecule has 1 aromatic carbocycles. The SMILES string of the molecule is Cc1cc(C)c(C2CCCCC2N)c(F)c1. The minimum atomic E-state index is -0.0696. The van der Waals surface area contributed by atoms with Gasteiger partial charge in [-0.05, 0) is 49.4 Å².